The van der Waals surface area contributed by atoms with Gasteiger partial charge in [-0.3, -0.25) is 4.79 Å². The molecule has 4 rings (SSSR count). The quantitative estimate of drug-likeness (QED) is 0.441. The second kappa shape index (κ2) is 9.30. The number of ether oxygens (including phenoxy) is 1. The first-order valence-corrected chi connectivity index (χ1v) is 10.4. The van der Waals surface area contributed by atoms with Crippen LogP contribution in [0.5, 0.6) is 5.88 Å². The van der Waals surface area contributed by atoms with Gasteiger partial charge in [-0.15, -0.1) is 0 Å². The number of hydrogen-bond donors (Lipinski definition) is 1. The molecule has 0 unspecified atom stereocenters. The van der Waals surface area contributed by atoms with Crippen molar-refractivity contribution >= 4 is 5.91 Å². The summed E-state index contributed by atoms with van der Waals surface area (Å²) in [5, 5.41) is 7.96. The van der Waals surface area contributed by atoms with Crippen LogP contribution >= 0.6 is 0 Å². The van der Waals surface area contributed by atoms with Gasteiger partial charge in [0.1, 0.15) is 11.3 Å². The molecular weight excluding hydrogens is 386 g/mol. The number of benzene rings is 3. The Labute approximate surface area is 182 Å². The smallest absolute Gasteiger partial charge is 0.259 e. The van der Waals surface area contributed by atoms with Gasteiger partial charge in [-0.25, -0.2) is 0 Å². The number of nitrogens with zero attached hydrogens (tertiary/aromatic N) is 2. The summed E-state index contributed by atoms with van der Waals surface area (Å²) >= 11 is 0. The molecule has 0 aliphatic carbocycles. The number of methoxy groups -OCH3 is 1. The van der Waals surface area contributed by atoms with Crippen molar-refractivity contribution in [1.29, 1.82) is 0 Å². The maximum atomic E-state index is 13.6. The molecule has 0 radical (unpaired) electrons. The highest BCUT2D eigenvalue weighted by Gasteiger charge is 2.28. The molecule has 1 heterocycles. The molecular formula is C26H25N3O2. The molecule has 0 spiro atoms. The largest absolute Gasteiger partial charge is 0.480 e. The van der Waals surface area contributed by atoms with Crippen molar-refractivity contribution in [3.05, 3.63) is 102 Å². The van der Waals surface area contributed by atoms with Crippen LogP contribution in [0.3, 0.4) is 0 Å². The van der Waals surface area contributed by atoms with Gasteiger partial charge in [-0.05, 0) is 24.1 Å². The predicted molar refractivity (Wildman–Crippen MR) is 122 cm³/mol. The van der Waals surface area contributed by atoms with Gasteiger partial charge in [0.2, 0.25) is 5.88 Å². The van der Waals surface area contributed by atoms with Crippen LogP contribution < -0.4 is 10.1 Å². The first kappa shape index (κ1) is 20.4. The molecule has 0 aliphatic heterocycles. The number of carbonyl (C=O) groups excluding carboxylic acids is 1. The second-order valence-corrected chi connectivity index (χ2v) is 7.19. The van der Waals surface area contributed by atoms with E-state index in [-0.39, 0.29) is 11.9 Å². The van der Waals surface area contributed by atoms with E-state index in [2.05, 4.69) is 12.2 Å². The average molecular weight is 412 g/mol. The zero-order valence-electron chi connectivity index (χ0n) is 17.7. The Hall–Kier alpha value is -3.86. The van der Waals surface area contributed by atoms with Gasteiger partial charge < -0.3 is 10.1 Å². The lowest BCUT2D eigenvalue weighted by Gasteiger charge is -2.18. The molecule has 1 amide bonds. The molecule has 1 atom stereocenters. The highest BCUT2D eigenvalue weighted by molar-refractivity contribution is 6.02. The minimum Gasteiger partial charge on any atom is -0.480 e. The lowest BCUT2D eigenvalue weighted by molar-refractivity contribution is 0.0933. The maximum Gasteiger partial charge on any atom is 0.259 e. The zero-order valence-corrected chi connectivity index (χ0v) is 17.7. The Morgan fingerprint density at radius 1 is 0.935 bits per heavy atom. The lowest BCUT2D eigenvalue weighted by Crippen LogP contribution is -2.28. The highest BCUT2D eigenvalue weighted by Crippen LogP contribution is 2.33. The van der Waals surface area contributed by atoms with E-state index >= 15 is 0 Å². The standard InChI is InChI=1S/C26H25N3O2/c1-3-22(19-13-7-4-8-14-19)27-25(30)23-24(20-15-9-5-10-16-20)28-29(26(23)31-2)21-17-11-6-12-18-21/h4-18,22H,3H2,1-2H3,(H,27,30)/t22-/m0/s1. The van der Waals surface area contributed by atoms with Gasteiger partial charge in [-0.1, -0.05) is 85.8 Å². The van der Waals surface area contributed by atoms with Crippen molar-refractivity contribution < 1.29 is 9.53 Å². The van der Waals surface area contributed by atoms with E-state index in [1.165, 1.54) is 0 Å². The van der Waals surface area contributed by atoms with E-state index < -0.39 is 0 Å². The van der Waals surface area contributed by atoms with Crippen molar-refractivity contribution in [2.24, 2.45) is 0 Å². The summed E-state index contributed by atoms with van der Waals surface area (Å²) in [5.74, 6) is 0.194. The molecule has 5 nitrogen and oxygen atoms in total. The normalized spacial score (nSPS) is 11.7. The number of nitrogens with one attached hydrogen (secondary N) is 1. The monoisotopic (exact) mass is 411 g/mol. The molecule has 4 aromatic rings. The first-order valence-electron chi connectivity index (χ1n) is 10.4. The van der Waals surface area contributed by atoms with Gasteiger partial charge in [0.05, 0.1) is 18.8 Å². The summed E-state index contributed by atoms with van der Waals surface area (Å²) in [6.45, 7) is 2.06. The molecule has 1 N–H and O–H groups in total. The number of rotatable bonds is 7. The van der Waals surface area contributed by atoms with Crippen LogP contribution in [-0.2, 0) is 0 Å². The van der Waals surface area contributed by atoms with Crippen LogP contribution in [0.1, 0.15) is 35.3 Å². The Morgan fingerprint density at radius 2 is 1.52 bits per heavy atom. The van der Waals surface area contributed by atoms with Crippen LogP contribution in [0.2, 0.25) is 0 Å². The van der Waals surface area contributed by atoms with Gasteiger partial charge >= 0.3 is 0 Å². The topological polar surface area (TPSA) is 56.2 Å². The molecule has 0 fully saturated rings. The van der Waals surface area contributed by atoms with Crippen LogP contribution in [-0.4, -0.2) is 22.8 Å². The Kier molecular flexibility index (Phi) is 6.13. The van der Waals surface area contributed by atoms with E-state index in [0.717, 1.165) is 23.2 Å². The average Bonchev–Trinajstić information content (AvgIpc) is 3.24. The third-order valence-corrected chi connectivity index (χ3v) is 5.23. The fourth-order valence-electron chi connectivity index (χ4n) is 3.67. The van der Waals surface area contributed by atoms with Crippen molar-refractivity contribution in [3.8, 4) is 22.8 Å². The third-order valence-electron chi connectivity index (χ3n) is 5.23. The molecule has 5 heteroatoms. The number of carbonyl (C=O) groups is 1. The van der Waals surface area contributed by atoms with Crippen molar-refractivity contribution in [3.63, 3.8) is 0 Å². The third kappa shape index (κ3) is 4.21. The van der Waals surface area contributed by atoms with Gasteiger partial charge in [-0.2, -0.15) is 9.78 Å². The number of amides is 1. The van der Waals surface area contributed by atoms with Crippen molar-refractivity contribution in [2.75, 3.05) is 7.11 Å². The summed E-state index contributed by atoms with van der Waals surface area (Å²) in [5.41, 5.74) is 3.75. The van der Waals surface area contributed by atoms with Crippen molar-refractivity contribution in [1.82, 2.24) is 15.1 Å². The van der Waals surface area contributed by atoms with E-state index in [1.807, 2.05) is 91.0 Å². The van der Waals surface area contributed by atoms with E-state index in [9.17, 15) is 4.79 Å². The summed E-state index contributed by atoms with van der Waals surface area (Å²) in [7, 11) is 1.57. The minimum absolute atomic E-state index is 0.109. The molecule has 0 aliphatic rings. The molecule has 0 bridgehead atoms. The van der Waals surface area contributed by atoms with Gasteiger partial charge in [0, 0.05) is 5.56 Å². The van der Waals surface area contributed by atoms with Gasteiger partial charge in [0.25, 0.3) is 5.91 Å². The fourth-order valence-corrected chi connectivity index (χ4v) is 3.67. The highest BCUT2D eigenvalue weighted by atomic mass is 16.5. The zero-order chi connectivity index (χ0) is 21.6. The minimum atomic E-state index is -0.214. The van der Waals surface area contributed by atoms with Crippen LogP contribution in [0.4, 0.5) is 0 Å². The van der Waals surface area contributed by atoms with Crippen LogP contribution in [0.25, 0.3) is 16.9 Å². The van der Waals surface area contributed by atoms with E-state index in [1.54, 1.807) is 11.8 Å². The Balaban J connectivity index is 1.81. The van der Waals surface area contributed by atoms with Gasteiger partial charge in [0.15, 0.2) is 0 Å². The predicted octanol–water partition coefficient (Wildman–Crippen LogP) is 5.43. The summed E-state index contributed by atoms with van der Waals surface area (Å²) in [4.78, 5) is 13.6. The fraction of sp³-hybridized carbons (Fsp3) is 0.154. The van der Waals surface area contributed by atoms with Crippen LogP contribution in [0, 0.1) is 0 Å². The van der Waals surface area contributed by atoms with E-state index in [0.29, 0.717) is 17.1 Å². The maximum absolute atomic E-state index is 13.6. The van der Waals surface area contributed by atoms with Crippen molar-refractivity contribution in [2.45, 2.75) is 19.4 Å². The van der Waals surface area contributed by atoms with Crippen LogP contribution in [0.15, 0.2) is 91.0 Å². The molecule has 31 heavy (non-hydrogen) atoms. The number of aromatic nitrogens is 2. The second-order valence-electron chi connectivity index (χ2n) is 7.19. The molecule has 0 saturated heterocycles. The molecule has 3 aromatic carbocycles. The molecule has 156 valence electrons. The Bertz CT molecular complexity index is 1140. The number of para-hydroxylation sites is 1. The first-order chi connectivity index (χ1) is 15.2. The summed E-state index contributed by atoms with van der Waals surface area (Å²) < 4.78 is 7.40. The SMILES string of the molecule is CC[C@H](NC(=O)c1c(-c2ccccc2)nn(-c2ccccc2)c1OC)c1ccccc1. The summed E-state index contributed by atoms with van der Waals surface area (Å²) in [6.07, 6.45) is 0.769. The van der Waals surface area contributed by atoms with E-state index in [4.69, 9.17) is 9.84 Å². The molecule has 1 aromatic heterocycles. The lowest BCUT2D eigenvalue weighted by atomic mass is 10.0. The number of hydrogen-bond acceptors (Lipinski definition) is 3. The Morgan fingerprint density at radius 3 is 2.10 bits per heavy atom. The summed E-state index contributed by atoms with van der Waals surface area (Å²) in [6, 6.07) is 29.2. The molecule has 0 saturated carbocycles.